The van der Waals surface area contributed by atoms with Crippen molar-refractivity contribution in [1.82, 2.24) is 4.90 Å². The normalized spacial score (nSPS) is 16.5. The number of anilines is 1. The van der Waals surface area contributed by atoms with Crippen molar-refractivity contribution in [3.8, 4) is 5.75 Å². The van der Waals surface area contributed by atoms with Gasteiger partial charge in [-0.1, -0.05) is 6.08 Å². The van der Waals surface area contributed by atoms with Crippen LogP contribution in [0.1, 0.15) is 33.6 Å². The first kappa shape index (κ1) is 26.8. The summed E-state index contributed by atoms with van der Waals surface area (Å²) < 4.78 is 35.8. The van der Waals surface area contributed by atoms with E-state index in [1.807, 2.05) is 20.8 Å². The van der Waals surface area contributed by atoms with E-state index in [-0.39, 0.29) is 29.2 Å². The SMILES string of the molecule is COC(=O)C1=C(C(=O)OC)N(c2cc(F)ccc2OC2CCN(C(=O)OC(C)(C)C)CC2)C=CC=C1. The summed E-state index contributed by atoms with van der Waals surface area (Å²) in [5.74, 6) is -1.84. The number of carbonyl (C=O) groups is 3. The zero-order valence-corrected chi connectivity index (χ0v) is 21.1. The summed E-state index contributed by atoms with van der Waals surface area (Å²) in [5, 5.41) is 0. The van der Waals surface area contributed by atoms with Gasteiger partial charge in [0.15, 0.2) is 0 Å². The van der Waals surface area contributed by atoms with E-state index in [0.29, 0.717) is 31.7 Å². The summed E-state index contributed by atoms with van der Waals surface area (Å²) in [6.07, 6.45) is 6.48. The van der Waals surface area contributed by atoms with Gasteiger partial charge in [-0.2, -0.15) is 0 Å². The molecule has 1 fully saturated rings. The molecule has 0 aliphatic carbocycles. The number of benzene rings is 1. The molecule has 0 atom stereocenters. The fourth-order valence-corrected chi connectivity index (χ4v) is 3.79. The van der Waals surface area contributed by atoms with Crippen LogP contribution in [0, 0.1) is 5.82 Å². The highest BCUT2D eigenvalue weighted by Crippen LogP contribution is 2.36. The van der Waals surface area contributed by atoms with Crippen LogP contribution in [-0.4, -0.2) is 61.9 Å². The number of piperidine rings is 1. The Bertz CT molecular complexity index is 1100. The summed E-state index contributed by atoms with van der Waals surface area (Å²) in [6.45, 7) is 6.30. The van der Waals surface area contributed by atoms with Gasteiger partial charge >= 0.3 is 18.0 Å². The topological polar surface area (TPSA) is 94.6 Å². The van der Waals surface area contributed by atoms with Crippen molar-refractivity contribution in [2.24, 2.45) is 0 Å². The Morgan fingerprint density at radius 2 is 1.67 bits per heavy atom. The van der Waals surface area contributed by atoms with Gasteiger partial charge in [-0.15, -0.1) is 0 Å². The lowest BCUT2D eigenvalue weighted by atomic mass is 10.1. The van der Waals surface area contributed by atoms with Crippen molar-refractivity contribution in [2.45, 2.75) is 45.3 Å². The molecule has 2 aliphatic heterocycles. The monoisotopic (exact) mass is 502 g/mol. The van der Waals surface area contributed by atoms with Gasteiger partial charge in [0.1, 0.15) is 29.0 Å². The van der Waals surface area contributed by atoms with Crippen molar-refractivity contribution < 1.29 is 37.7 Å². The molecule has 0 spiro atoms. The average Bonchev–Trinajstić information content (AvgIpc) is 3.06. The molecule has 0 aromatic heterocycles. The number of ether oxygens (including phenoxy) is 4. The smallest absolute Gasteiger partial charge is 0.410 e. The quantitative estimate of drug-likeness (QED) is 0.439. The van der Waals surface area contributed by atoms with Crippen LogP contribution in [0.3, 0.4) is 0 Å². The van der Waals surface area contributed by atoms with Gasteiger partial charge in [0.05, 0.1) is 25.5 Å². The van der Waals surface area contributed by atoms with Crippen molar-refractivity contribution >= 4 is 23.7 Å². The van der Waals surface area contributed by atoms with Gasteiger partial charge in [0, 0.05) is 38.2 Å². The number of halogens is 1. The number of hydrogen-bond donors (Lipinski definition) is 0. The predicted molar refractivity (Wildman–Crippen MR) is 130 cm³/mol. The predicted octanol–water partition coefficient (Wildman–Crippen LogP) is 4.09. The van der Waals surface area contributed by atoms with E-state index in [4.69, 9.17) is 18.9 Å². The van der Waals surface area contributed by atoms with Gasteiger partial charge in [0.25, 0.3) is 0 Å². The van der Waals surface area contributed by atoms with Gasteiger partial charge in [-0.3, -0.25) is 0 Å². The lowest BCUT2D eigenvalue weighted by molar-refractivity contribution is -0.139. The second-order valence-electron chi connectivity index (χ2n) is 9.21. The van der Waals surface area contributed by atoms with Gasteiger partial charge in [-0.25, -0.2) is 18.8 Å². The molecule has 0 N–H and O–H groups in total. The molecular formula is C26H31FN2O7. The molecule has 36 heavy (non-hydrogen) atoms. The number of rotatable bonds is 5. The zero-order chi connectivity index (χ0) is 26.5. The Kier molecular flexibility index (Phi) is 8.39. The van der Waals surface area contributed by atoms with E-state index >= 15 is 0 Å². The van der Waals surface area contributed by atoms with Crippen LogP contribution in [0.2, 0.25) is 0 Å². The fraction of sp³-hybridized carbons (Fsp3) is 0.423. The van der Waals surface area contributed by atoms with Crippen LogP contribution >= 0.6 is 0 Å². The molecule has 2 heterocycles. The molecule has 0 unspecified atom stereocenters. The highest BCUT2D eigenvalue weighted by molar-refractivity contribution is 6.05. The highest BCUT2D eigenvalue weighted by Gasteiger charge is 2.31. The van der Waals surface area contributed by atoms with E-state index in [1.165, 1.54) is 49.6 Å². The molecule has 1 saturated heterocycles. The first-order valence-electron chi connectivity index (χ1n) is 11.5. The Morgan fingerprint density at radius 1 is 1.00 bits per heavy atom. The van der Waals surface area contributed by atoms with E-state index in [1.54, 1.807) is 17.1 Å². The number of esters is 2. The summed E-state index contributed by atoms with van der Waals surface area (Å²) in [7, 11) is 2.38. The van der Waals surface area contributed by atoms with Crippen LogP contribution in [0.25, 0.3) is 0 Å². The Balaban J connectivity index is 1.88. The Labute approximate surface area is 209 Å². The summed E-state index contributed by atoms with van der Waals surface area (Å²) >= 11 is 0. The van der Waals surface area contributed by atoms with Crippen molar-refractivity contribution in [1.29, 1.82) is 0 Å². The number of methoxy groups -OCH3 is 2. The number of amides is 1. The van der Waals surface area contributed by atoms with Crippen LogP contribution in [0.5, 0.6) is 5.75 Å². The van der Waals surface area contributed by atoms with Gasteiger partial charge < -0.3 is 28.7 Å². The molecule has 3 rings (SSSR count). The third-order valence-corrected chi connectivity index (χ3v) is 5.46. The lowest BCUT2D eigenvalue weighted by Crippen LogP contribution is -2.44. The zero-order valence-electron chi connectivity index (χ0n) is 21.1. The van der Waals surface area contributed by atoms with E-state index in [2.05, 4.69) is 0 Å². The van der Waals surface area contributed by atoms with Crippen molar-refractivity contribution in [2.75, 3.05) is 32.2 Å². The molecular weight excluding hydrogens is 471 g/mol. The second-order valence-corrected chi connectivity index (χ2v) is 9.21. The second kappa shape index (κ2) is 11.3. The first-order chi connectivity index (χ1) is 17.0. The van der Waals surface area contributed by atoms with Crippen LogP contribution < -0.4 is 9.64 Å². The minimum Gasteiger partial charge on any atom is -0.488 e. The first-order valence-corrected chi connectivity index (χ1v) is 11.5. The molecule has 0 radical (unpaired) electrons. The molecule has 2 aliphatic rings. The maximum Gasteiger partial charge on any atom is 0.410 e. The average molecular weight is 503 g/mol. The summed E-state index contributed by atoms with van der Waals surface area (Å²) in [6, 6.07) is 3.92. The molecule has 194 valence electrons. The maximum absolute atomic E-state index is 14.4. The number of nitrogens with zero attached hydrogens (tertiary/aromatic N) is 2. The molecule has 0 saturated carbocycles. The van der Waals surface area contributed by atoms with E-state index < -0.39 is 23.4 Å². The van der Waals surface area contributed by atoms with E-state index in [9.17, 15) is 18.8 Å². The third-order valence-electron chi connectivity index (χ3n) is 5.46. The van der Waals surface area contributed by atoms with E-state index in [0.717, 1.165) is 0 Å². The van der Waals surface area contributed by atoms with Crippen LogP contribution in [0.4, 0.5) is 14.9 Å². The minimum absolute atomic E-state index is 0.0600. The standard InChI is InChI=1S/C26H31FN2O7/c1-26(2,3)36-25(32)28-14-11-18(12-15-28)35-21-10-9-17(27)16-20(21)29-13-7-6-8-19(23(30)33-4)22(29)24(31)34-5/h6-10,13,16,18H,11-12,14-15H2,1-5H3. The third kappa shape index (κ3) is 6.44. The maximum atomic E-state index is 14.4. The fourth-order valence-electron chi connectivity index (χ4n) is 3.79. The molecule has 1 amide bonds. The number of carbonyl (C=O) groups excluding carboxylic acids is 3. The number of hydrogen-bond acceptors (Lipinski definition) is 8. The Hall–Kier alpha value is -3.82. The molecule has 9 nitrogen and oxygen atoms in total. The van der Waals surface area contributed by atoms with Crippen molar-refractivity contribution in [3.05, 3.63) is 59.7 Å². The number of likely N-dealkylation sites (tertiary alicyclic amines) is 1. The summed E-state index contributed by atoms with van der Waals surface area (Å²) in [5.41, 5.74) is -0.595. The molecule has 0 bridgehead atoms. The largest absolute Gasteiger partial charge is 0.488 e. The molecule has 10 heteroatoms. The van der Waals surface area contributed by atoms with Crippen molar-refractivity contribution in [3.63, 3.8) is 0 Å². The molecule has 1 aromatic rings. The highest BCUT2D eigenvalue weighted by atomic mass is 19.1. The summed E-state index contributed by atoms with van der Waals surface area (Å²) in [4.78, 5) is 40.5. The Morgan fingerprint density at radius 3 is 2.28 bits per heavy atom. The van der Waals surface area contributed by atoms with Gasteiger partial charge in [-0.05, 0) is 45.1 Å². The van der Waals surface area contributed by atoms with Gasteiger partial charge in [0.2, 0.25) is 0 Å². The molecule has 1 aromatic carbocycles. The lowest BCUT2D eigenvalue weighted by Gasteiger charge is -2.34. The minimum atomic E-state index is -0.813. The number of allylic oxidation sites excluding steroid dienone is 2. The van der Waals surface area contributed by atoms with Crippen LogP contribution in [-0.2, 0) is 23.8 Å². The van der Waals surface area contributed by atoms with Crippen LogP contribution in [0.15, 0.2) is 53.9 Å².